The third-order valence-corrected chi connectivity index (χ3v) is 11.9. The summed E-state index contributed by atoms with van der Waals surface area (Å²) in [6, 6.07) is -0.205. The minimum Gasteiger partial charge on any atom is -0.488 e. The number of ether oxygens (including phenoxy) is 6. The summed E-state index contributed by atoms with van der Waals surface area (Å²) in [5.41, 5.74) is -1.56. The number of cyclic esters (lactones) is 1. The molecule has 0 spiro atoms. The first-order valence-electron chi connectivity index (χ1n) is 18.3. The van der Waals surface area contributed by atoms with Crippen LogP contribution in [0.3, 0.4) is 0 Å². The number of allylic oxidation sites excluding steroid dienone is 1. The second-order valence-electron chi connectivity index (χ2n) is 17.2. The van der Waals surface area contributed by atoms with Gasteiger partial charge in [-0.2, -0.15) is 0 Å². The summed E-state index contributed by atoms with van der Waals surface area (Å²) in [5.74, 6) is -1.89. The van der Waals surface area contributed by atoms with Crippen LogP contribution in [0, 0.1) is 28.6 Å². The second-order valence-corrected chi connectivity index (χ2v) is 17.2. The fourth-order valence-electron chi connectivity index (χ4n) is 8.86. The molecule has 4 rings (SSSR count). The maximum absolute atomic E-state index is 14.2. The molecule has 0 radical (unpaired) electrons. The average Bonchev–Trinajstić information content (AvgIpc) is 3.33. The summed E-state index contributed by atoms with van der Waals surface area (Å²) in [6.45, 7) is 22.9. The smallest absolute Gasteiger partial charge is 0.311 e. The summed E-state index contributed by atoms with van der Waals surface area (Å²) in [6.07, 6.45) is -4.35. The zero-order valence-corrected chi connectivity index (χ0v) is 32.4. The number of hydrogen-bond acceptors (Lipinski definition) is 11. The number of nitrogens with zero attached hydrogens (tertiary/aromatic N) is 1. The molecule has 0 unspecified atom stereocenters. The molecule has 0 aromatic heterocycles. The molecule has 0 aromatic carbocycles. The van der Waals surface area contributed by atoms with Crippen LogP contribution in [0.25, 0.3) is 0 Å². The molecule has 11 nitrogen and oxygen atoms in total. The number of hydrogen-bond donors (Lipinski definition) is 2. The van der Waals surface area contributed by atoms with Gasteiger partial charge in [-0.05, 0) is 93.3 Å². The number of esters is 1. The van der Waals surface area contributed by atoms with Gasteiger partial charge in [0.25, 0.3) is 0 Å². The van der Waals surface area contributed by atoms with Crippen molar-refractivity contribution in [3.05, 3.63) is 11.3 Å². The van der Waals surface area contributed by atoms with Gasteiger partial charge in [-0.15, -0.1) is 0 Å². The van der Waals surface area contributed by atoms with Crippen molar-refractivity contribution in [1.29, 1.82) is 0 Å². The van der Waals surface area contributed by atoms with Crippen molar-refractivity contribution in [3.63, 3.8) is 0 Å². The SMILES string of the molecule is CC[C@H]1OC(=O)[C@H](C)[C@@H](O[C@H]2CC(C)(C)[C@@H](O)[C@H](C)O2)[C@H](C)[C@@H](O[C@@H]2O[C@H](C)C[C@H](N(C)C)[C@H]2O)[C@@]2(C)CC(C)=C(O2)[C@H](C)C(=O)C1(C)C. The van der Waals surface area contributed by atoms with E-state index < -0.39 is 89.4 Å². The number of carbonyl (C=O) groups excluding carboxylic acids is 2. The summed E-state index contributed by atoms with van der Waals surface area (Å²) in [7, 11) is 3.85. The molecule has 4 aliphatic rings. The molecule has 49 heavy (non-hydrogen) atoms. The first-order chi connectivity index (χ1) is 22.5. The van der Waals surface area contributed by atoms with Crippen molar-refractivity contribution in [1.82, 2.24) is 4.90 Å². The highest BCUT2D eigenvalue weighted by Crippen LogP contribution is 2.48. The number of rotatable bonds is 6. The predicted octanol–water partition coefficient (Wildman–Crippen LogP) is 5.00. The fourth-order valence-corrected chi connectivity index (χ4v) is 8.86. The number of aliphatic hydroxyl groups excluding tert-OH is 2. The Hall–Kier alpha value is -1.60. The van der Waals surface area contributed by atoms with Crippen LogP contribution in [-0.2, 0) is 38.0 Å². The minimum absolute atomic E-state index is 0.0740. The molecule has 3 saturated heterocycles. The number of ketones is 1. The van der Waals surface area contributed by atoms with E-state index in [0.717, 1.165) is 5.57 Å². The average molecular weight is 696 g/mol. The molecule has 282 valence electrons. The quantitative estimate of drug-likeness (QED) is 0.364. The van der Waals surface area contributed by atoms with Crippen LogP contribution in [0.1, 0.15) is 109 Å². The van der Waals surface area contributed by atoms with Gasteiger partial charge in [0, 0.05) is 24.8 Å². The van der Waals surface area contributed by atoms with E-state index in [1.165, 1.54) is 0 Å². The Labute approximate surface area is 294 Å². The zero-order valence-electron chi connectivity index (χ0n) is 32.4. The van der Waals surface area contributed by atoms with Crippen LogP contribution in [0.5, 0.6) is 0 Å². The van der Waals surface area contributed by atoms with Gasteiger partial charge in [-0.1, -0.05) is 27.7 Å². The van der Waals surface area contributed by atoms with E-state index in [1.54, 1.807) is 6.92 Å². The molecule has 0 aliphatic carbocycles. The number of carbonyl (C=O) groups is 2. The van der Waals surface area contributed by atoms with Crippen molar-refractivity contribution >= 4 is 11.8 Å². The summed E-state index contributed by atoms with van der Waals surface area (Å²) in [5, 5.41) is 22.4. The van der Waals surface area contributed by atoms with E-state index in [0.29, 0.717) is 31.4 Å². The summed E-state index contributed by atoms with van der Waals surface area (Å²) < 4.78 is 39.3. The molecule has 3 fully saturated rings. The van der Waals surface area contributed by atoms with E-state index in [2.05, 4.69) is 0 Å². The molecular formula is C38H65NO10. The molecule has 11 heteroatoms. The summed E-state index contributed by atoms with van der Waals surface area (Å²) >= 11 is 0. The van der Waals surface area contributed by atoms with Gasteiger partial charge in [0.2, 0.25) is 0 Å². The van der Waals surface area contributed by atoms with Crippen LogP contribution in [0.2, 0.25) is 0 Å². The monoisotopic (exact) mass is 695 g/mol. The largest absolute Gasteiger partial charge is 0.488 e. The Morgan fingerprint density at radius 3 is 2.16 bits per heavy atom. The van der Waals surface area contributed by atoms with Crippen molar-refractivity contribution < 1.29 is 48.2 Å². The van der Waals surface area contributed by atoms with Crippen LogP contribution in [0.15, 0.2) is 11.3 Å². The van der Waals surface area contributed by atoms with Crippen molar-refractivity contribution in [2.45, 2.75) is 176 Å². The van der Waals surface area contributed by atoms with Crippen LogP contribution < -0.4 is 0 Å². The van der Waals surface area contributed by atoms with E-state index in [4.69, 9.17) is 28.4 Å². The van der Waals surface area contributed by atoms with Gasteiger partial charge in [0.15, 0.2) is 18.4 Å². The molecule has 0 aromatic rings. The predicted molar refractivity (Wildman–Crippen MR) is 184 cm³/mol. The molecule has 4 heterocycles. The van der Waals surface area contributed by atoms with E-state index in [9.17, 15) is 19.8 Å². The lowest BCUT2D eigenvalue weighted by Crippen LogP contribution is -2.59. The molecule has 0 saturated carbocycles. The maximum atomic E-state index is 14.2. The fraction of sp³-hybridized carbons (Fsp3) is 0.895. The minimum atomic E-state index is -1.01. The Kier molecular flexibility index (Phi) is 12.1. The maximum Gasteiger partial charge on any atom is 0.311 e. The van der Waals surface area contributed by atoms with Gasteiger partial charge in [0.1, 0.15) is 29.7 Å². The van der Waals surface area contributed by atoms with Gasteiger partial charge in [-0.25, -0.2) is 0 Å². The Morgan fingerprint density at radius 1 is 0.959 bits per heavy atom. The highest BCUT2D eigenvalue weighted by atomic mass is 16.7. The van der Waals surface area contributed by atoms with Crippen molar-refractivity contribution in [3.8, 4) is 0 Å². The van der Waals surface area contributed by atoms with Gasteiger partial charge < -0.3 is 43.5 Å². The number of fused-ring (bicyclic) bond motifs is 2. The molecule has 2 bridgehead atoms. The highest BCUT2D eigenvalue weighted by Gasteiger charge is 2.55. The van der Waals surface area contributed by atoms with E-state index in [-0.39, 0.29) is 17.9 Å². The normalized spacial score (nSPS) is 44.9. The topological polar surface area (TPSA) is 133 Å². The lowest BCUT2D eigenvalue weighted by molar-refractivity contribution is -0.311. The lowest BCUT2D eigenvalue weighted by atomic mass is 9.75. The Bertz CT molecular complexity index is 1230. The molecular weight excluding hydrogens is 630 g/mol. The Balaban J connectivity index is 1.84. The Morgan fingerprint density at radius 2 is 1.59 bits per heavy atom. The number of aliphatic hydroxyl groups is 2. The second kappa shape index (κ2) is 14.8. The highest BCUT2D eigenvalue weighted by molar-refractivity contribution is 5.89. The standard InChI is InChI=1S/C38H65NO10/c1-15-26-37(10,11)31(41)21(4)29-19(2)17-38(12,49-29)33(48-35-28(40)25(39(13)14)16-20(3)44-35)22(5)30(23(6)34(43)46-26)47-27-18-36(8,9)32(42)24(7)45-27/h20-28,30,32-33,35,40,42H,15-18H2,1-14H3/t20-,21+,22+,23-,24+,25+,26-,27+,28-,30+,32+,33-,35+,38-/m1/s1. The number of likely N-dealkylation sites (N-methyl/N-ethyl adjacent to an activating group) is 1. The van der Waals surface area contributed by atoms with Gasteiger partial charge in [-0.3, -0.25) is 9.59 Å². The van der Waals surface area contributed by atoms with Gasteiger partial charge >= 0.3 is 5.97 Å². The van der Waals surface area contributed by atoms with Crippen LogP contribution >= 0.6 is 0 Å². The molecule has 2 N–H and O–H groups in total. The van der Waals surface area contributed by atoms with E-state index >= 15 is 0 Å². The van der Waals surface area contributed by atoms with Crippen molar-refractivity contribution in [2.24, 2.45) is 28.6 Å². The first-order valence-corrected chi connectivity index (χ1v) is 18.3. The third kappa shape index (κ3) is 7.93. The third-order valence-electron chi connectivity index (χ3n) is 11.9. The van der Waals surface area contributed by atoms with E-state index in [1.807, 2.05) is 95.2 Å². The zero-order chi connectivity index (χ0) is 37.0. The molecule has 4 aliphatic heterocycles. The van der Waals surface area contributed by atoms with Crippen LogP contribution in [0.4, 0.5) is 0 Å². The number of Topliss-reactive ketones (excluding diaryl/α,β-unsaturated/α-hetero) is 1. The molecule has 0 amide bonds. The van der Waals surface area contributed by atoms with Gasteiger partial charge in [0.05, 0.1) is 41.7 Å². The van der Waals surface area contributed by atoms with Crippen molar-refractivity contribution in [2.75, 3.05) is 14.1 Å². The molecule has 14 atom stereocenters. The summed E-state index contributed by atoms with van der Waals surface area (Å²) in [4.78, 5) is 30.3. The first kappa shape index (κ1) is 40.2. The lowest BCUT2D eigenvalue weighted by Gasteiger charge is -2.48. The van der Waals surface area contributed by atoms with Crippen LogP contribution in [-0.4, -0.2) is 108 Å².